The predicted octanol–water partition coefficient (Wildman–Crippen LogP) is -9.67. The first-order valence-corrected chi connectivity index (χ1v) is 43.3. The number of aldehydes is 1. The topological polar surface area (TPSA) is 703 Å². The minimum atomic E-state index is -2.35. The fraction of sp³-hybridized carbons (Fsp3) is 0.938. The summed E-state index contributed by atoms with van der Waals surface area (Å²) in [7, 11) is 0. The van der Waals surface area contributed by atoms with Crippen molar-refractivity contribution >= 4 is 18.2 Å². The molecule has 722 valence electrons. The molecule has 14 rings (SSSR count). The average Bonchev–Trinajstić information content (AvgIpc) is 0.672. The van der Waals surface area contributed by atoms with Crippen molar-refractivity contribution in [1.82, 2.24) is 0 Å². The number of hydrogen-bond acceptors (Lipinski definition) is 44. The van der Waals surface area contributed by atoms with Crippen LogP contribution in [0, 0.1) is 50.2 Å². The molecule has 0 aromatic rings. The summed E-state index contributed by atoms with van der Waals surface area (Å²) in [6.07, 6.45) is -75.1. The summed E-state index contributed by atoms with van der Waals surface area (Å²) in [5.41, 5.74) is -4.23. The van der Waals surface area contributed by atoms with E-state index < -0.39 is 355 Å². The second-order valence-corrected chi connectivity index (χ2v) is 38.6. The number of carbonyl (C=O) groups is 3. The Labute approximate surface area is 723 Å². The average molecular weight is 1820 g/mol. The SMILES string of the molecule is C[C@@H]1O[C@@H](O[C@H]2[C@H](OC(=O)[C@]34CCC(C)(C)C[C@H]3C3=CC[C@@H]5[C@@]6(C)CC[C@H](O[C@@H]7O[C@H](C(=O)O)[C@@H](O)[C@H](O[C@@H]8OC[C@@H](O)[C@H](O)[C@H]8O)[C@H]7O[C@@H]7O[C@H](CO)[C@H](O)[C@H](O)[C@H]7O[C@@H]7O[C@H](CO)[C@H](O)[C@H](O)[C@H]7O)[C@@](C)(C=O)[C@@H]6CC[C@@]5(C)[C@]3(C)CC4)O[C@H](C)[C@@H](O)[C@@H]2O)[C@H](O)[C@H](O[C@@H]2O[C@H](CO)[C@@H](O)[C@H](O)[C@H]2O)[C@H]1O[C@@H]1OC[C@@H](O)[C@H](O[C@@H]2OC[C@@H](O)[C@H](O)[C@H]2O)[C@H]1O. The lowest BCUT2D eigenvalue weighted by atomic mass is 9.33. The maximum atomic E-state index is 16.1. The number of aliphatic hydroxyl groups excluding tert-OH is 23. The molecular formula is C81H128O45. The molecule has 14 aliphatic rings. The molecule has 24 N–H and O–H groups in total. The first kappa shape index (κ1) is 98.7. The first-order chi connectivity index (χ1) is 59.3. The fourth-order valence-electron chi connectivity index (χ4n) is 22.8. The maximum absolute atomic E-state index is 16.1. The van der Waals surface area contributed by atoms with Gasteiger partial charge in [-0.15, -0.1) is 0 Å². The van der Waals surface area contributed by atoms with E-state index in [9.17, 15) is 132 Å². The molecular weight excluding hydrogens is 1690 g/mol. The highest BCUT2D eigenvalue weighted by atomic mass is 16.8. The van der Waals surface area contributed by atoms with Crippen LogP contribution in [0.1, 0.15) is 120 Å². The number of esters is 1. The highest BCUT2D eigenvalue weighted by Gasteiger charge is 2.72. The Morgan fingerprint density at radius 2 is 0.849 bits per heavy atom. The van der Waals surface area contributed by atoms with E-state index in [2.05, 4.69) is 40.7 Å². The van der Waals surface area contributed by atoms with Gasteiger partial charge in [0.15, 0.2) is 62.5 Å². The maximum Gasteiger partial charge on any atom is 0.335 e. The Morgan fingerprint density at radius 1 is 0.405 bits per heavy atom. The van der Waals surface area contributed by atoms with Crippen molar-refractivity contribution in [3.63, 3.8) is 0 Å². The van der Waals surface area contributed by atoms with Gasteiger partial charge in [-0.2, -0.15) is 0 Å². The predicted molar refractivity (Wildman–Crippen MR) is 406 cm³/mol. The number of aliphatic carboxylic acids is 1. The lowest BCUT2D eigenvalue weighted by Crippen LogP contribution is -2.69. The number of carboxylic acids is 1. The Hall–Kier alpha value is -3.25. The third-order valence-corrected chi connectivity index (χ3v) is 30.7. The van der Waals surface area contributed by atoms with E-state index in [1.807, 2.05) is 0 Å². The van der Waals surface area contributed by atoms with Crippen molar-refractivity contribution in [3.8, 4) is 0 Å². The Kier molecular flexibility index (Phi) is 29.9. The van der Waals surface area contributed by atoms with E-state index in [0.717, 1.165) is 11.9 Å². The molecule has 0 aromatic carbocycles. The van der Waals surface area contributed by atoms with Crippen LogP contribution in [0.2, 0.25) is 0 Å². The minimum Gasteiger partial charge on any atom is -0.479 e. The second kappa shape index (κ2) is 38.1. The van der Waals surface area contributed by atoms with E-state index in [0.29, 0.717) is 51.4 Å². The molecule has 5 aliphatic carbocycles. The molecule has 0 radical (unpaired) electrons. The Bertz CT molecular complexity index is 3720. The summed E-state index contributed by atoms with van der Waals surface area (Å²) >= 11 is 0. The van der Waals surface area contributed by atoms with Gasteiger partial charge in [-0.05, 0) is 117 Å². The van der Waals surface area contributed by atoms with E-state index >= 15 is 4.79 Å². The van der Waals surface area contributed by atoms with Crippen molar-refractivity contribution in [1.29, 1.82) is 0 Å². The fourth-order valence-corrected chi connectivity index (χ4v) is 22.8. The van der Waals surface area contributed by atoms with Crippen LogP contribution in [-0.4, -0.2) is 445 Å². The van der Waals surface area contributed by atoms with Gasteiger partial charge in [-0.25, -0.2) is 4.79 Å². The van der Waals surface area contributed by atoms with Crippen molar-refractivity contribution in [2.75, 3.05) is 39.6 Å². The molecule has 45 nitrogen and oxygen atoms in total. The number of ether oxygens (including phenoxy) is 18. The van der Waals surface area contributed by atoms with Crippen LogP contribution in [0.5, 0.6) is 0 Å². The van der Waals surface area contributed by atoms with Crippen molar-refractivity contribution in [2.45, 2.75) is 384 Å². The molecule has 0 unspecified atom stereocenters. The summed E-state index contributed by atoms with van der Waals surface area (Å²) in [4.78, 5) is 43.9. The largest absolute Gasteiger partial charge is 0.479 e. The first-order valence-electron chi connectivity index (χ1n) is 43.3. The van der Waals surface area contributed by atoms with Gasteiger partial charge < -0.3 is 213 Å². The minimum absolute atomic E-state index is 0.0343. The molecule has 4 saturated carbocycles. The second-order valence-electron chi connectivity index (χ2n) is 38.6. The molecule has 9 aliphatic heterocycles. The zero-order chi connectivity index (χ0) is 91.7. The number of aliphatic hydroxyl groups is 23. The number of hydrogen-bond donors (Lipinski definition) is 24. The summed E-state index contributed by atoms with van der Waals surface area (Å²) < 4.78 is 109. The number of rotatable bonds is 23. The normalized spacial score (nSPS) is 54.7. The third-order valence-electron chi connectivity index (χ3n) is 30.7. The van der Waals surface area contributed by atoms with Crippen LogP contribution in [0.25, 0.3) is 0 Å². The molecule has 9 heterocycles. The van der Waals surface area contributed by atoms with Crippen LogP contribution in [0.4, 0.5) is 0 Å². The van der Waals surface area contributed by atoms with Gasteiger partial charge >= 0.3 is 11.9 Å². The number of carboxylic acid groups (broad SMARTS) is 1. The highest BCUT2D eigenvalue weighted by Crippen LogP contribution is 2.76. The van der Waals surface area contributed by atoms with Gasteiger partial charge in [0.2, 0.25) is 6.29 Å². The molecule has 51 atom stereocenters. The smallest absolute Gasteiger partial charge is 0.335 e. The van der Waals surface area contributed by atoms with E-state index in [-0.39, 0.29) is 24.2 Å². The van der Waals surface area contributed by atoms with Crippen molar-refractivity contribution < 1.29 is 222 Å². The van der Waals surface area contributed by atoms with Gasteiger partial charge in [0.05, 0.1) is 68.8 Å². The Morgan fingerprint density at radius 3 is 1.41 bits per heavy atom. The van der Waals surface area contributed by atoms with Gasteiger partial charge in [-0.3, -0.25) is 4.79 Å². The third kappa shape index (κ3) is 17.6. The summed E-state index contributed by atoms with van der Waals surface area (Å²) in [6, 6.07) is 0. The summed E-state index contributed by atoms with van der Waals surface area (Å²) in [5.74, 6) is -3.84. The molecule has 0 bridgehead atoms. The molecule has 13 fully saturated rings. The summed E-state index contributed by atoms with van der Waals surface area (Å²) in [5, 5.41) is 265. The van der Waals surface area contributed by atoms with Gasteiger partial charge in [0.1, 0.15) is 183 Å². The summed E-state index contributed by atoms with van der Waals surface area (Å²) in [6.45, 7) is 10.5. The van der Waals surface area contributed by atoms with E-state index in [1.165, 1.54) is 13.8 Å². The highest BCUT2D eigenvalue weighted by molar-refractivity contribution is 5.79. The number of carbonyl (C=O) groups excluding carboxylic acids is 2. The van der Waals surface area contributed by atoms with Crippen molar-refractivity contribution in [2.24, 2.45) is 50.2 Å². The van der Waals surface area contributed by atoms with Crippen LogP contribution < -0.4 is 0 Å². The quantitative estimate of drug-likeness (QED) is 0.0195. The van der Waals surface area contributed by atoms with Gasteiger partial charge in [0, 0.05) is 0 Å². The lowest BCUT2D eigenvalue weighted by molar-refractivity contribution is -0.406. The molecule has 126 heavy (non-hydrogen) atoms. The monoisotopic (exact) mass is 1820 g/mol. The van der Waals surface area contributed by atoms with Crippen molar-refractivity contribution in [3.05, 3.63) is 11.6 Å². The van der Waals surface area contributed by atoms with E-state index in [4.69, 9.17) is 85.3 Å². The van der Waals surface area contributed by atoms with Crippen LogP contribution in [-0.2, 0) is 99.6 Å². The standard InChI is InChI=1S/C81H128O45/c1-27-40(89)48(97)62(124-71-56(105)60(121-69-52(101)46(95)43(92)34(20-82)114-69)57(28(2)113-71)118-68-55(104)58(33(88)25-111-68)119-66-50(99)41(90)31(86)23-109-66)72(112-27)126-75(108)81-17-15-76(3,4)19-30(81)29-9-10-38-77(5)13-12-39(78(6,26-85)37(77)11-14-80(38,8)79(29,7)16-18-81)117-74-64(59(54(103)61(122-74)65(106)107)120-67-51(100)42(91)32(87)24-110-67)125-73-63(49(98)45(94)36(22-84)116-73)123-70-53(102)47(96)44(93)35(21-83)115-70/h9,26-28,30-64,66-74,82-84,86-105H,10-25H2,1-8H3,(H,106,107)/t27-,28+,30+,31-,32-,33-,34-,35-,36-,37-,38-,39+,40-,41+,42+,43-,44+,45+,46+,47+,48+,49+,50-,51-,52-,53-,54+,55-,56-,57+,58+,59+,60+,61+,62-,63-,64-,66+,67+,68+,69+,70+,71+,72+,73+,74-,77+,78+,79-,80-,81+/m1/s1. The van der Waals surface area contributed by atoms with Crippen LogP contribution >= 0.6 is 0 Å². The zero-order valence-corrected chi connectivity index (χ0v) is 70.8. The number of fused-ring (bicyclic) bond motifs is 7. The van der Waals surface area contributed by atoms with Crippen LogP contribution in [0.3, 0.4) is 0 Å². The van der Waals surface area contributed by atoms with Gasteiger partial charge in [0.25, 0.3) is 0 Å². The lowest BCUT2D eigenvalue weighted by Gasteiger charge is -2.71. The molecule has 0 spiro atoms. The molecule has 45 heteroatoms. The number of allylic oxidation sites excluding steroid dienone is 2. The Balaban J connectivity index is 0.725. The molecule has 9 saturated heterocycles. The van der Waals surface area contributed by atoms with E-state index in [1.54, 1.807) is 6.92 Å². The molecule has 0 aromatic heterocycles. The molecule has 0 amide bonds. The van der Waals surface area contributed by atoms with Gasteiger partial charge in [-0.1, -0.05) is 53.2 Å². The zero-order valence-electron chi connectivity index (χ0n) is 70.8. The van der Waals surface area contributed by atoms with Crippen LogP contribution in [0.15, 0.2) is 11.6 Å².